The monoisotopic (exact) mass is 242 g/mol. The first-order chi connectivity index (χ1) is 7.72. The van der Waals surface area contributed by atoms with Crippen LogP contribution in [0.2, 0.25) is 5.02 Å². The molecule has 1 atom stereocenters. The van der Waals surface area contributed by atoms with Crippen molar-refractivity contribution in [2.45, 2.75) is 12.5 Å². The number of halogens is 2. The van der Waals surface area contributed by atoms with Crippen molar-refractivity contribution < 1.29 is 9.13 Å². The van der Waals surface area contributed by atoms with Crippen LogP contribution >= 0.6 is 11.6 Å². The third kappa shape index (κ3) is 2.19. The Morgan fingerprint density at radius 3 is 2.88 bits per heavy atom. The first-order valence-electron chi connectivity index (χ1n) is 4.96. The van der Waals surface area contributed by atoms with Gasteiger partial charge in [-0.25, -0.2) is 9.82 Å². The maximum absolute atomic E-state index is 13.0. The lowest BCUT2D eigenvalue weighted by Crippen LogP contribution is -2.29. The van der Waals surface area contributed by atoms with Crippen LogP contribution in [0.25, 0.3) is 0 Å². The average molecular weight is 243 g/mol. The normalized spacial score (nSPS) is 16.8. The van der Waals surface area contributed by atoms with Crippen molar-refractivity contribution in [1.82, 2.24) is 5.43 Å². The Labute approximate surface area is 98.0 Å². The SMILES string of the molecule is NNC(C1=CCCO1)c1ccc(F)c(Cl)c1. The van der Waals surface area contributed by atoms with Crippen LogP contribution in [0, 0.1) is 5.82 Å². The summed E-state index contributed by atoms with van der Waals surface area (Å²) in [5.74, 6) is 5.78. The molecule has 1 aromatic carbocycles. The summed E-state index contributed by atoms with van der Waals surface area (Å²) in [7, 11) is 0. The summed E-state index contributed by atoms with van der Waals surface area (Å²) >= 11 is 5.72. The molecule has 16 heavy (non-hydrogen) atoms. The van der Waals surface area contributed by atoms with Crippen LogP contribution in [0.5, 0.6) is 0 Å². The Balaban J connectivity index is 2.29. The third-order valence-electron chi connectivity index (χ3n) is 2.46. The summed E-state index contributed by atoms with van der Waals surface area (Å²) in [6.45, 7) is 0.655. The minimum Gasteiger partial charge on any atom is -0.496 e. The highest BCUT2D eigenvalue weighted by Gasteiger charge is 2.20. The Kier molecular flexibility index (Phi) is 3.43. The number of hydrogen-bond donors (Lipinski definition) is 2. The molecule has 0 radical (unpaired) electrons. The number of nitrogens with two attached hydrogens (primary N) is 1. The summed E-state index contributed by atoms with van der Waals surface area (Å²) < 4.78 is 18.4. The summed E-state index contributed by atoms with van der Waals surface area (Å²) in [5.41, 5.74) is 3.41. The van der Waals surface area contributed by atoms with Crippen LogP contribution in [0.3, 0.4) is 0 Å². The minimum atomic E-state index is -0.442. The molecule has 0 aromatic heterocycles. The Morgan fingerprint density at radius 1 is 1.50 bits per heavy atom. The number of hydrogen-bond acceptors (Lipinski definition) is 3. The van der Waals surface area contributed by atoms with Crippen molar-refractivity contribution in [3.8, 4) is 0 Å². The van der Waals surface area contributed by atoms with Gasteiger partial charge in [-0.15, -0.1) is 0 Å². The predicted octanol–water partition coefficient (Wildman–Crippen LogP) is 2.29. The number of benzene rings is 1. The quantitative estimate of drug-likeness (QED) is 0.632. The molecule has 0 saturated carbocycles. The molecule has 0 bridgehead atoms. The molecule has 3 N–H and O–H groups in total. The Hall–Kier alpha value is -1.10. The Morgan fingerprint density at radius 2 is 2.31 bits per heavy atom. The summed E-state index contributed by atoms with van der Waals surface area (Å²) in [6, 6.07) is 4.22. The van der Waals surface area contributed by atoms with E-state index in [1.807, 2.05) is 6.08 Å². The van der Waals surface area contributed by atoms with Gasteiger partial charge in [0.1, 0.15) is 17.6 Å². The van der Waals surface area contributed by atoms with Crippen LogP contribution < -0.4 is 11.3 Å². The van der Waals surface area contributed by atoms with E-state index in [2.05, 4.69) is 5.43 Å². The molecule has 1 aliphatic heterocycles. The summed E-state index contributed by atoms with van der Waals surface area (Å²) in [5, 5.41) is 0.0800. The van der Waals surface area contributed by atoms with Crippen LogP contribution in [-0.4, -0.2) is 6.61 Å². The molecule has 1 unspecified atom stereocenters. The molecule has 86 valence electrons. The highest BCUT2D eigenvalue weighted by Crippen LogP contribution is 2.28. The van der Waals surface area contributed by atoms with Gasteiger partial charge in [0, 0.05) is 6.42 Å². The highest BCUT2D eigenvalue weighted by atomic mass is 35.5. The van der Waals surface area contributed by atoms with E-state index in [0.717, 1.165) is 17.7 Å². The molecule has 0 amide bonds. The first kappa shape index (κ1) is 11.4. The number of ether oxygens (including phenoxy) is 1. The molecule has 0 aliphatic carbocycles. The second-order valence-corrected chi connectivity index (χ2v) is 3.92. The van der Waals surface area contributed by atoms with Crippen LogP contribution in [0.15, 0.2) is 30.0 Å². The van der Waals surface area contributed by atoms with E-state index in [1.165, 1.54) is 6.07 Å². The maximum atomic E-state index is 13.0. The summed E-state index contributed by atoms with van der Waals surface area (Å²) in [6.07, 6.45) is 2.82. The number of nitrogens with one attached hydrogen (secondary N) is 1. The minimum absolute atomic E-state index is 0.0800. The zero-order chi connectivity index (χ0) is 11.5. The lowest BCUT2D eigenvalue weighted by molar-refractivity contribution is 0.215. The first-order valence-corrected chi connectivity index (χ1v) is 5.34. The van der Waals surface area contributed by atoms with Gasteiger partial charge in [-0.2, -0.15) is 0 Å². The van der Waals surface area contributed by atoms with Crippen molar-refractivity contribution in [3.05, 3.63) is 46.4 Å². The molecular weight excluding hydrogens is 231 g/mol. The van der Waals surface area contributed by atoms with Gasteiger partial charge in [-0.1, -0.05) is 17.7 Å². The van der Waals surface area contributed by atoms with Gasteiger partial charge in [-0.3, -0.25) is 5.84 Å². The lowest BCUT2D eigenvalue weighted by Gasteiger charge is -2.17. The molecule has 0 fully saturated rings. The van der Waals surface area contributed by atoms with E-state index < -0.39 is 5.82 Å². The number of hydrazine groups is 1. The van der Waals surface area contributed by atoms with Gasteiger partial charge < -0.3 is 4.74 Å². The number of rotatable bonds is 3. The van der Waals surface area contributed by atoms with Crippen molar-refractivity contribution in [1.29, 1.82) is 0 Å². The average Bonchev–Trinajstić information content (AvgIpc) is 2.78. The van der Waals surface area contributed by atoms with Crippen molar-refractivity contribution in [3.63, 3.8) is 0 Å². The van der Waals surface area contributed by atoms with Crippen molar-refractivity contribution in [2.75, 3.05) is 6.61 Å². The van der Waals surface area contributed by atoms with Gasteiger partial charge in [0.2, 0.25) is 0 Å². The van der Waals surface area contributed by atoms with Gasteiger partial charge >= 0.3 is 0 Å². The van der Waals surface area contributed by atoms with Crippen molar-refractivity contribution >= 4 is 11.6 Å². The lowest BCUT2D eigenvalue weighted by atomic mass is 10.1. The standard InChI is InChI=1S/C11H12ClFN2O/c12-8-6-7(3-4-9(8)13)11(15-14)10-2-1-5-16-10/h2-4,6,11,15H,1,5,14H2. The van der Waals surface area contributed by atoms with Gasteiger partial charge in [0.25, 0.3) is 0 Å². The highest BCUT2D eigenvalue weighted by molar-refractivity contribution is 6.30. The second-order valence-electron chi connectivity index (χ2n) is 3.52. The second kappa shape index (κ2) is 4.82. The largest absolute Gasteiger partial charge is 0.496 e. The smallest absolute Gasteiger partial charge is 0.141 e. The van der Waals surface area contributed by atoms with Crippen LogP contribution in [-0.2, 0) is 4.74 Å². The molecule has 0 spiro atoms. The van der Waals surface area contributed by atoms with Crippen molar-refractivity contribution in [2.24, 2.45) is 5.84 Å². The summed E-state index contributed by atoms with van der Waals surface area (Å²) in [4.78, 5) is 0. The van der Waals surface area contributed by atoms with E-state index in [9.17, 15) is 4.39 Å². The topological polar surface area (TPSA) is 47.3 Å². The Bertz CT molecular complexity index is 422. The van der Waals surface area contributed by atoms with E-state index in [1.54, 1.807) is 12.1 Å². The molecule has 2 rings (SSSR count). The van der Waals surface area contributed by atoms with E-state index in [-0.39, 0.29) is 11.1 Å². The third-order valence-corrected chi connectivity index (χ3v) is 2.75. The molecule has 3 nitrogen and oxygen atoms in total. The maximum Gasteiger partial charge on any atom is 0.141 e. The fourth-order valence-corrected chi connectivity index (χ4v) is 1.86. The van der Waals surface area contributed by atoms with E-state index in [0.29, 0.717) is 6.61 Å². The zero-order valence-electron chi connectivity index (χ0n) is 8.54. The molecule has 5 heteroatoms. The van der Waals surface area contributed by atoms with E-state index in [4.69, 9.17) is 22.2 Å². The molecular formula is C11H12ClFN2O. The molecule has 1 heterocycles. The predicted molar refractivity (Wildman–Crippen MR) is 60.1 cm³/mol. The van der Waals surface area contributed by atoms with Gasteiger partial charge in [0.15, 0.2) is 0 Å². The van der Waals surface area contributed by atoms with E-state index >= 15 is 0 Å². The van der Waals surface area contributed by atoms with Crippen LogP contribution in [0.1, 0.15) is 18.0 Å². The molecule has 0 saturated heterocycles. The van der Waals surface area contributed by atoms with Crippen LogP contribution in [0.4, 0.5) is 4.39 Å². The van der Waals surface area contributed by atoms with Gasteiger partial charge in [-0.05, 0) is 23.8 Å². The molecule has 1 aliphatic rings. The fourth-order valence-electron chi connectivity index (χ4n) is 1.67. The van der Waals surface area contributed by atoms with Gasteiger partial charge in [0.05, 0.1) is 11.6 Å². The zero-order valence-corrected chi connectivity index (χ0v) is 9.30. The molecule has 1 aromatic rings. The fraction of sp³-hybridized carbons (Fsp3) is 0.273.